The van der Waals surface area contributed by atoms with Gasteiger partial charge in [-0.1, -0.05) is 35.3 Å². The number of nitrogens with zero attached hydrogens (tertiary/aromatic N) is 1. The maximum atomic E-state index is 11.8. The number of carbonyl (C=O) groups is 2. The van der Waals surface area contributed by atoms with Crippen molar-refractivity contribution in [2.75, 3.05) is 14.1 Å². The largest absolute Gasteiger partial charge is 0.347 e. The summed E-state index contributed by atoms with van der Waals surface area (Å²) in [6.45, 7) is 1.66. The number of rotatable bonds is 5. The summed E-state index contributed by atoms with van der Waals surface area (Å²) in [4.78, 5) is 24.9. The van der Waals surface area contributed by atoms with Gasteiger partial charge in [-0.25, -0.2) is 0 Å². The van der Waals surface area contributed by atoms with E-state index in [2.05, 4.69) is 5.32 Å². The van der Waals surface area contributed by atoms with Crippen molar-refractivity contribution in [2.45, 2.75) is 25.8 Å². The SMILES string of the molecule is C[C@H](NC(=O)CCc1cccc(Cl)c1Cl)C(=O)N(C)C. The molecule has 0 spiro atoms. The lowest BCUT2D eigenvalue weighted by molar-refractivity contribution is -0.133. The molecule has 1 aromatic rings. The van der Waals surface area contributed by atoms with E-state index < -0.39 is 6.04 Å². The fourth-order valence-corrected chi connectivity index (χ4v) is 2.17. The molecule has 0 bridgehead atoms. The average Bonchev–Trinajstić information content (AvgIpc) is 2.39. The van der Waals surface area contributed by atoms with Crippen LogP contribution in [0.4, 0.5) is 0 Å². The minimum Gasteiger partial charge on any atom is -0.347 e. The van der Waals surface area contributed by atoms with Gasteiger partial charge in [-0.05, 0) is 25.0 Å². The van der Waals surface area contributed by atoms with Crippen LogP contribution in [0, 0.1) is 0 Å². The first-order chi connectivity index (χ1) is 9.32. The van der Waals surface area contributed by atoms with Crippen LogP contribution in [0.1, 0.15) is 18.9 Å². The lowest BCUT2D eigenvalue weighted by Crippen LogP contribution is -2.44. The van der Waals surface area contributed by atoms with Gasteiger partial charge >= 0.3 is 0 Å². The Labute approximate surface area is 129 Å². The quantitative estimate of drug-likeness (QED) is 0.907. The zero-order chi connectivity index (χ0) is 15.3. The van der Waals surface area contributed by atoms with E-state index in [1.807, 2.05) is 6.07 Å². The molecule has 20 heavy (non-hydrogen) atoms. The molecule has 0 saturated carbocycles. The number of hydrogen-bond donors (Lipinski definition) is 1. The van der Waals surface area contributed by atoms with Gasteiger partial charge in [-0.15, -0.1) is 0 Å². The third-order valence-corrected chi connectivity index (χ3v) is 3.70. The van der Waals surface area contributed by atoms with Crippen LogP contribution in [0.25, 0.3) is 0 Å². The average molecular weight is 317 g/mol. The van der Waals surface area contributed by atoms with Gasteiger partial charge < -0.3 is 10.2 Å². The Morgan fingerprint density at radius 2 is 1.95 bits per heavy atom. The molecule has 0 aliphatic rings. The first-order valence-corrected chi connectivity index (χ1v) is 7.02. The van der Waals surface area contributed by atoms with Crippen LogP contribution >= 0.6 is 23.2 Å². The zero-order valence-electron chi connectivity index (χ0n) is 11.7. The standard InChI is InChI=1S/C14H18Cl2N2O2/c1-9(14(20)18(2)3)17-12(19)8-7-10-5-4-6-11(15)13(10)16/h4-6,9H,7-8H2,1-3H3,(H,17,19)/t9-/m0/s1. The molecule has 0 heterocycles. The Balaban J connectivity index is 2.52. The summed E-state index contributed by atoms with van der Waals surface area (Å²) in [7, 11) is 3.30. The highest BCUT2D eigenvalue weighted by molar-refractivity contribution is 6.42. The van der Waals surface area contributed by atoms with Crippen molar-refractivity contribution >= 4 is 35.0 Å². The smallest absolute Gasteiger partial charge is 0.244 e. The van der Waals surface area contributed by atoms with E-state index >= 15 is 0 Å². The van der Waals surface area contributed by atoms with Gasteiger partial charge in [0.15, 0.2) is 0 Å². The Morgan fingerprint density at radius 1 is 1.30 bits per heavy atom. The normalized spacial score (nSPS) is 11.8. The van der Waals surface area contributed by atoms with Gasteiger partial charge in [0.2, 0.25) is 11.8 Å². The van der Waals surface area contributed by atoms with Crippen molar-refractivity contribution < 1.29 is 9.59 Å². The van der Waals surface area contributed by atoms with E-state index in [4.69, 9.17) is 23.2 Å². The molecule has 1 atom stereocenters. The van der Waals surface area contributed by atoms with Gasteiger partial charge in [0.1, 0.15) is 6.04 Å². The number of amides is 2. The summed E-state index contributed by atoms with van der Waals surface area (Å²) in [6, 6.07) is 4.79. The van der Waals surface area contributed by atoms with E-state index in [0.717, 1.165) is 5.56 Å². The van der Waals surface area contributed by atoms with E-state index in [9.17, 15) is 9.59 Å². The number of aryl methyl sites for hydroxylation is 1. The molecular weight excluding hydrogens is 299 g/mol. The van der Waals surface area contributed by atoms with Crippen LogP contribution in [0.2, 0.25) is 10.0 Å². The van der Waals surface area contributed by atoms with Gasteiger partial charge in [0.25, 0.3) is 0 Å². The molecule has 1 N–H and O–H groups in total. The predicted octanol–water partition coefficient (Wildman–Crippen LogP) is 2.52. The predicted molar refractivity (Wildman–Crippen MR) is 81.1 cm³/mol. The number of carbonyl (C=O) groups excluding carboxylic acids is 2. The first kappa shape index (κ1) is 16.8. The van der Waals surface area contributed by atoms with Crippen molar-refractivity contribution in [3.63, 3.8) is 0 Å². The first-order valence-electron chi connectivity index (χ1n) is 6.26. The zero-order valence-corrected chi connectivity index (χ0v) is 13.3. The van der Waals surface area contributed by atoms with Gasteiger partial charge in [-0.2, -0.15) is 0 Å². The number of nitrogens with one attached hydrogen (secondary N) is 1. The highest BCUT2D eigenvalue weighted by Gasteiger charge is 2.17. The van der Waals surface area contributed by atoms with Crippen LogP contribution in [0.5, 0.6) is 0 Å². The second-order valence-electron chi connectivity index (χ2n) is 4.73. The summed E-state index contributed by atoms with van der Waals surface area (Å²) in [5.41, 5.74) is 0.820. The summed E-state index contributed by atoms with van der Waals surface area (Å²) >= 11 is 12.0. The molecule has 110 valence electrons. The monoisotopic (exact) mass is 316 g/mol. The molecule has 0 fully saturated rings. The number of likely N-dealkylation sites (N-methyl/N-ethyl adjacent to an activating group) is 1. The molecule has 1 rings (SSSR count). The Hall–Kier alpha value is -1.26. The molecule has 1 aromatic carbocycles. The van der Waals surface area contributed by atoms with E-state index in [1.54, 1.807) is 33.2 Å². The Kier molecular flexibility index (Phi) is 6.30. The van der Waals surface area contributed by atoms with Gasteiger partial charge in [-0.3, -0.25) is 9.59 Å². The molecule has 0 unspecified atom stereocenters. The van der Waals surface area contributed by atoms with Crippen molar-refractivity contribution in [3.8, 4) is 0 Å². The second kappa shape index (κ2) is 7.50. The maximum Gasteiger partial charge on any atom is 0.244 e. The molecule has 0 aliphatic heterocycles. The van der Waals surface area contributed by atoms with Crippen molar-refractivity contribution in [3.05, 3.63) is 33.8 Å². The highest BCUT2D eigenvalue weighted by atomic mass is 35.5. The van der Waals surface area contributed by atoms with E-state index in [1.165, 1.54) is 4.90 Å². The third-order valence-electron chi connectivity index (χ3n) is 2.84. The van der Waals surface area contributed by atoms with Crippen LogP contribution < -0.4 is 5.32 Å². The minimum atomic E-state index is -0.535. The van der Waals surface area contributed by atoms with Crippen molar-refractivity contribution in [1.29, 1.82) is 0 Å². The van der Waals surface area contributed by atoms with E-state index in [-0.39, 0.29) is 18.2 Å². The Morgan fingerprint density at radius 3 is 2.55 bits per heavy atom. The summed E-state index contributed by atoms with van der Waals surface area (Å²) in [5, 5.41) is 3.60. The molecule has 2 amide bonds. The molecule has 0 saturated heterocycles. The van der Waals surface area contributed by atoms with Gasteiger partial charge in [0.05, 0.1) is 10.0 Å². The molecule has 0 aliphatic carbocycles. The molecule has 0 aromatic heterocycles. The van der Waals surface area contributed by atoms with Crippen LogP contribution in [-0.4, -0.2) is 36.9 Å². The number of benzene rings is 1. The lowest BCUT2D eigenvalue weighted by Gasteiger charge is -2.18. The maximum absolute atomic E-state index is 11.8. The number of hydrogen-bond acceptors (Lipinski definition) is 2. The fourth-order valence-electron chi connectivity index (χ4n) is 1.75. The third kappa shape index (κ3) is 4.69. The number of halogens is 2. The topological polar surface area (TPSA) is 49.4 Å². The van der Waals surface area contributed by atoms with Gasteiger partial charge in [0, 0.05) is 20.5 Å². The summed E-state index contributed by atoms with van der Waals surface area (Å²) in [5.74, 6) is -0.331. The van der Waals surface area contributed by atoms with Crippen LogP contribution in [0.3, 0.4) is 0 Å². The molecular formula is C14H18Cl2N2O2. The van der Waals surface area contributed by atoms with Crippen molar-refractivity contribution in [1.82, 2.24) is 10.2 Å². The molecule has 6 heteroatoms. The highest BCUT2D eigenvalue weighted by Crippen LogP contribution is 2.26. The minimum absolute atomic E-state index is 0.140. The lowest BCUT2D eigenvalue weighted by atomic mass is 10.1. The fraction of sp³-hybridized carbons (Fsp3) is 0.429. The Bertz CT molecular complexity index is 504. The molecule has 0 radical (unpaired) electrons. The summed E-state index contributed by atoms with van der Waals surface area (Å²) in [6.07, 6.45) is 0.735. The van der Waals surface area contributed by atoms with Crippen molar-refractivity contribution in [2.24, 2.45) is 0 Å². The second-order valence-corrected chi connectivity index (χ2v) is 5.52. The van der Waals surface area contributed by atoms with E-state index in [0.29, 0.717) is 16.5 Å². The molecule has 4 nitrogen and oxygen atoms in total. The van der Waals surface area contributed by atoms with Crippen LogP contribution in [-0.2, 0) is 16.0 Å². The summed E-state index contributed by atoms with van der Waals surface area (Å²) < 4.78 is 0. The van der Waals surface area contributed by atoms with Crippen LogP contribution in [0.15, 0.2) is 18.2 Å².